The third-order valence-electron chi connectivity index (χ3n) is 5.90. The smallest absolute Gasteiger partial charge is 0.453 e. The van der Waals surface area contributed by atoms with Gasteiger partial charge in [0.25, 0.3) is 5.82 Å². The standard InChI is InChI=1S/C22H23F3N6O3/c1-34-19-8-7-16(31-20(22(23,24)25)27-28-29-31)11-15(19)12-26-18-9-10-30(21(32)33)13-17(18)14-5-3-2-4-6-14/h2-8,11,17-18,26H,9-10,12-13H2,1H3,(H,32,33). The average Bonchev–Trinajstić information content (AvgIpc) is 3.34. The molecule has 2 aromatic carbocycles. The molecule has 2 atom stereocenters. The molecule has 1 saturated heterocycles. The summed E-state index contributed by atoms with van der Waals surface area (Å²) in [4.78, 5) is 12.9. The van der Waals surface area contributed by atoms with Crippen molar-refractivity contribution < 1.29 is 27.8 Å². The number of alkyl halides is 3. The molecule has 1 fully saturated rings. The molecule has 180 valence electrons. The molecule has 2 unspecified atom stereocenters. The van der Waals surface area contributed by atoms with Crippen LogP contribution in [0.15, 0.2) is 48.5 Å². The van der Waals surface area contributed by atoms with Crippen LogP contribution in [-0.4, -0.2) is 62.5 Å². The zero-order chi connectivity index (χ0) is 24.3. The molecule has 0 aliphatic carbocycles. The van der Waals surface area contributed by atoms with Crippen molar-refractivity contribution in [2.45, 2.75) is 31.1 Å². The summed E-state index contributed by atoms with van der Waals surface area (Å²) in [5.41, 5.74) is 1.78. The van der Waals surface area contributed by atoms with Crippen LogP contribution in [0.2, 0.25) is 0 Å². The van der Waals surface area contributed by atoms with Gasteiger partial charge in [0, 0.05) is 37.2 Å². The molecule has 2 heterocycles. The van der Waals surface area contributed by atoms with Crippen LogP contribution in [0.1, 0.15) is 29.3 Å². The van der Waals surface area contributed by atoms with Crippen molar-refractivity contribution in [3.05, 3.63) is 65.5 Å². The van der Waals surface area contributed by atoms with Crippen LogP contribution in [0, 0.1) is 0 Å². The van der Waals surface area contributed by atoms with E-state index in [0.717, 1.165) is 5.56 Å². The largest absolute Gasteiger partial charge is 0.496 e. The van der Waals surface area contributed by atoms with Gasteiger partial charge in [-0.25, -0.2) is 4.79 Å². The second-order valence-corrected chi connectivity index (χ2v) is 7.93. The summed E-state index contributed by atoms with van der Waals surface area (Å²) in [6.07, 6.45) is -5.09. The average molecular weight is 476 g/mol. The summed E-state index contributed by atoms with van der Waals surface area (Å²) in [6.45, 7) is 1.02. The number of hydrogen-bond donors (Lipinski definition) is 2. The van der Waals surface area contributed by atoms with E-state index in [1.165, 1.54) is 18.1 Å². The first-order valence-electron chi connectivity index (χ1n) is 10.6. The monoisotopic (exact) mass is 476 g/mol. The first-order valence-corrected chi connectivity index (χ1v) is 10.6. The van der Waals surface area contributed by atoms with Gasteiger partial charge in [0.15, 0.2) is 0 Å². The van der Waals surface area contributed by atoms with Crippen molar-refractivity contribution in [3.8, 4) is 11.4 Å². The number of amides is 1. The predicted octanol–water partition coefficient (Wildman–Crippen LogP) is 3.32. The molecule has 2 N–H and O–H groups in total. The van der Waals surface area contributed by atoms with Gasteiger partial charge in [0.05, 0.1) is 12.8 Å². The molecule has 0 bridgehead atoms. The van der Waals surface area contributed by atoms with Crippen LogP contribution in [0.5, 0.6) is 5.75 Å². The molecule has 9 nitrogen and oxygen atoms in total. The van der Waals surface area contributed by atoms with E-state index in [-0.39, 0.29) is 17.6 Å². The lowest BCUT2D eigenvalue weighted by Crippen LogP contribution is -2.49. The highest BCUT2D eigenvalue weighted by molar-refractivity contribution is 5.65. The molecule has 3 aromatic rings. The molecule has 1 aliphatic heterocycles. The van der Waals surface area contributed by atoms with Crippen LogP contribution < -0.4 is 10.1 Å². The summed E-state index contributed by atoms with van der Waals surface area (Å²) >= 11 is 0. The van der Waals surface area contributed by atoms with Gasteiger partial charge in [-0.1, -0.05) is 30.3 Å². The van der Waals surface area contributed by atoms with Crippen molar-refractivity contribution >= 4 is 6.09 Å². The van der Waals surface area contributed by atoms with Crippen LogP contribution in [-0.2, 0) is 12.7 Å². The molecule has 12 heteroatoms. The summed E-state index contributed by atoms with van der Waals surface area (Å²) in [5.74, 6) is -0.810. The second kappa shape index (κ2) is 9.67. The first kappa shape index (κ1) is 23.5. The van der Waals surface area contributed by atoms with Crippen molar-refractivity contribution in [1.82, 2.24) is 30.4 Å². The van der Waals surface area contributed by atoms with E-state index in [0.29, 0.717) is 42.0 Å². The van der Waals surface area contributed by atoms with E-state index < -0.39 is 18.1 Å². The van der Waals surface area contributed by atoms with Crippen molar-refractivity contribution in [2.24, 2.45) is 0 Å². The number of carboxylic acid groups (broad SMARTS) is 1. The third kappa shape index (κ3) is 4.96. The van der Waals surface area contributed by atoms with Crippen molar-refractivity contribution in [1.29, 1.82) is 0 Å². The van der Waals surface area contributed by atoms with E-state index in [1.807, 2.05) is 30.3 Å². The normalized spacial score (nSPS) is 18.6. The van der Waals surface area contributed by atoms with Gasteiger partial charge in [-0.15, -0.1) is 5.10 Å². The van der Waals surface area contributed by atoms with Gasteiger partial charge >= 0.3 is 12.3 Å². The fraction of sp³-hybridized carbons (Fsp3) is 0.364. The number of nitrogens with zero attached hydrogens (tertiary/aromatic N) is 5. The van der Waals surface area contributed by atoms with Crippen LogP contribution >= 0.6 is 0 Å². The highest BCUT2D eigenvalue weighted by Crippen LogP contribution is 2.31. The van der Waals surface area contributed by atoms with Gasteiger partial charge in [-0.2, -0.15) is 17.9 Å². The van der Waals surface area contributed by atoms with Gasteiger partial charge < -0.3 is 20.1 Å². The van der Waals surface area contributed by atoms with Gasteiger partial charge in [-0.3, -0.25) is 0 Å². The molecule has 1 aliphatic rings. The second-order valence-electron chi connectivity index (χ2n) is 7.93. The Morgan fingerprint density at radius 1 is 1.24 bits per heavy atom. The Labute approximate surface area is 193 Å². The summed E-state index contributed by atoms with van der Waals surface area (Å²) in [6, 6.07) is 14.1. The molecule has 0 saturated carbocycles. The zero-order valence-corrected chi connectivity index (χ0v) is 18.2. The molecule has 1 aromatic heterocycles. The highest BCUT2D eigenvalue weighted by atomic mass is 19.4. The zero-order valence-electron chi connectivity index (χ0n) is 18.2. The maximum Gasteiger partial charge on any atom is 0.453 e. The number of halogens is 3. The summed E-state index contributed by atoms with van der Waals surface area (Å²) < 4.78 is 45.8. The molecule has 0 spiro atoms. The molecule has 0 radical (unpaired) electrons. The number of aromatic nitrogens is 4. The lowest BCUT2D eigenvalue weighted by atomic mass is 9.86. The molecular weight excluding hydrogens is 453 g/mol. The quantitative estimate of drug-likeness (QED) is 0.562. The summed E-state index contributed by atoms with van der Waals surface area (Å²) in [7, 11) is 1.48. The lowest BCUT2D eigenvalue weighted by Gasteiger charge is -2.38. The van der Waals surface area contributed by atoms with E-state index in [2.05, 4.69) is 20.8 Å². The number of carbonyl (C=O) groups is 1. The minimum absolute atomic E-state index is 0.0508. The number of nitrogens with one attached hydrogen (secondary N) is 1. The van der Waals surface area contributed by atoms with E-state index >= 15 is 0 Å². The Kier molecular flexibility index (Phi) is 6.68. The number of tetrazole rings is 1. The van der Waals surface area contributed by atoms with E-state index in [1.54, 1.807) is 12.1 Å². The van der Waals surface area contributed by atoms with Crippen LogP contribution in [0.4, 0.5) is 18.0 Å². The predicted molar refractivity (Wildman–Crippen MR) is 115 cm³/mol. The SMILES string of the molecule is COc1ccc(-n2nnnc2C(F)(F)F)cc1CNC1CCN(C(=O)O)CC1c1ccccc1. The Balaban J connectivity index is 1.58. The molecule has 34 heavy (non-hydrogen) atoms. The van der Waals surface area contributed by atoms with Crippen LogP contribution in [0.25, 0.3) is 5.69 Å². The fourth-order valence-corrected chi connectivity index (χ4v) is 4.22. The van der Waals surface area contributed by atoms with Crippen molar-refractivity contribution in [2.75, 3.05) is 20.2 Å². The Morgan fingerprint density at radius 2 is 2.00 bits per heavy atom. The highest BCUT2D eigenvalue weighted by Gasteiger charge is 2.38. The molecule has 4 rings (SSSR count). The Hall–Kier alpha value is -3.67. The number of methoxy groups -OCH3 is 1. The lowest BCUT2D eigenvalue weighted by molar-refractivity contribution is -0.146. The first-order chi connectivity index (χ1) is 16.3. The van der Waals surface area contributed by atoms with E-state index in [4.69, 9.17) is 4.74 Å². The summed E-state index contributed by atoms with van der Waals surface area (Å²) in [5, 5.41) is 22.7. The number of rotatable bonds is 6. The van der Waals surface area contributed by atoms with E-state index in [9.17, 15) is 23.1 Å². The number of benzene rings is 2. The van der Waals surface area contributed by atoms with Crippen LogP contribution in [0.3, 0.4) is 0 Å². The fourth-order valence-electron chi connectivity index (χ4n) is 4.22. The minimum Gasteiger partial charge on any atom is -0.496 e. The van der Waals surface area contributed by atoms with Crippen molar-refractivity contribution in [3.63, 3.8) is 0 Å². The topological polar surface area (TPSA) is 105 Å². The Bertz CT molecular complexity index is 1140. The number of hydrogen-bond acceptors (Lipinski definition) is 6. The molecule has 1 amide bonds. The molecular formula is C22H23F3N6O3. The minimum atomic E-state index is -4.71. The maximum absolute atomic E-state index is 13.3. The number of ether oxygens (including phenoxy) is 1. The maximum atomic E-state index is 13.3. The number of piperidine rings is 1. The van der Waals surface area contributed by atoms with Gasteiger partial charge in [0.2, 0.25) is 0 Å². The third-order valence-corrected chi connectivity index (χ3v) is 5.90. The number of likely N-dealkylation sites (tertiary alicyclic amines) is 1. The van der Waals surface area contributed by atoms with Gasteiger partial charge in [-0.05, 0) is 40.6 Å². The van der Waals surface area contributed by atoms with Gasteiger partial charge in [0.1, 0.15) is 5.75 Å². The Morgan fingerprint density at radius 3 is 2.68 bits per heavy atom.